The van der Waals surface area contributed by atoms with Crippen molar-refractivity contribution in [1.82, 2.24) is 10.6 Å². The highest BCUT2D eigenvalue weighted by Crippen LogP contribution is 2.09. The summed E-state index contributed by atoms with van der Waals surface area (Å²) in [5.41, 5.74) is 5.82. The van der Waals surface area contributed by atoms with Gasteiger partial charge in [-0.15, -0.1) is 0 Å². The van der Waals surface area contributed by atoms with Gasteiger partial charge in [-0.1, -0.05) is 0 Å². The molecule has 0 aromatic rings. The third kappa shape index (κ3) is 1.64. The van der Waals surface area contributed by atoms with Crippen LogP contribution in [0.4, 0.5) is 0 Å². The van der Waals surface area contributed by atoms with E-state index in [1.807, 2.05) is 7.05 Å². The van der Waals surface area contributed by atoms with Gasteiger partial charge in [-0.3, -0.25) is 0 Å². The van der Waals surface area contributed by atoms with Crippen LogP contribution in [0.2, 0.25) is 0 Å². The smallest absolute Gasteiger partial charge is 0.0683 e. The molecule has 1 fully saturated rings. The SMILES string of the molecule is CNC1(N)CCNCC1. The van der Waals surface area contributed by atoms with Crippen molar-refractivity contribution >= 4 is 0 Å². The van der Waals surface area contributed by atoms with E-state index in [2.05, 4.69) is 10.6 Å². The maximum Gasteiger partial charge on any atom is 0.0683 e. The minimum absolute atomic E-state index is 0.0920. The molecular formula is C6H15N3. The van der Waals surface area contributed by atoms with Crippen LogP contribution in [0.1, 0.15) is 12.8 Å². The fourth-order valence-corrected chi connectivity index (χ4v) is 1.12. The van der Waals surface area contributed by atoms with Crippen LogP contribution >= 0.6 is 0 Å². The average Bonchev–Trinajstić information content (AvgIpc) is 1.90. The van der Waals surface area contributed by atoms with E-state index in [0.29, 0.717) is 0 Å². The Morgan fingerprint density at radius 2 is 2.00 bits per heavy atom. The molecular weight excluding hydrogens is 114 g/mol. The first kappa shape index (κ1) is 6.99. The lowest BCUT2D eigenvalue weighted by Gasteiger charge is -2.33. The van der Waals surface area contributed by atoms with E-state index in [9.17, 15) is 0 Å². The second-order valence-electron chi connectivity index (χ2n) is 2.66. The molecule has 1 aliphatic heterocycles. The van der Waals surface area contributed by atoms with Crippen LogP contribution < -0.4 is 16.4 Å². The summed E-state index contributed by atoms with van der Waals surface area (Å²) in [6.45, 7) is 2.08. The minimum atomic E-state index is -0.0920. The molecule has 3 nitrogen and oxygen atoms in total. The molecule has 1 aliphatic rings. The van der Waals surface area contributed by atoms with Crippen LogP contribution in [0.3, 0.4) is 0 Å². The van der Waals surface area contributed by atoms with Gasteiger partial charge in [-0.2, -0.15) is 0 Å². The first-order valence-electron chi connectivity index (χ1n) is 3.45. The Morgan fingerprint density at radius 3 is 2.33 bits per heavy atom. The Labute approximate surface area is 56.0 Å². The van der Waals surface area contributed by atoms with Crippen LogP contribution in [0, 0.1) is 0 Å². The van der Waals surface area contributed by atoms with E-state index in [0.717, 1.165) is 25.9 Å². The lowest BCUT2D eigenvalue weighted by atomic mass is 10.00. The Hall–Kier alpha value is -0.120. The highest BCUT2D eigenvalue weighted by Gasteiger charge is 2.24. The second-order valence-corrected chi connectivity index (χ2v) is 2.66. The molecule has 4 N–H and O–H groups in total. The third-order valence-electron chi connectivity index (χ3n) is 1.99. The summed E-state index contributed by atoms with van der Waals surface area (Å²) in [4.78, 5) is 0. The van der Waals surface area contributed by atoms with E-state index >= 15 is 0 Å². The van der Waals surface area contributed by atoms with Gasteiger partial charge in [0.2, 0.25) is 0 Å². The van der Waals surface area contributed by atoms with E-state index in [1.54, 1.807) is 0 Å². The van der Waals surface area contributed by atoms with Gasteiger partial charge in [0, 0.05) is 0 Å². The zero-order chi connectivity index (χ0) is 6.74. The predicted octanol–water partition coefficient (Wildman–Crippen LogP) is -0.756. The molecule has 0 radical (unpaired) electrons. The predicted molar refractivity (Wildman–Crippen MR) is 38.1 cm³/mol. The standard InChI is InChI=1S/C6H15N3/c1-8-6(7)2-4-9-5-3-6/h8-9H,2-5,7H2,1H3. The first-order valence-corrected chi connectivity index (χ1v) is 3.45. The van der Waals surface area contributed by atoms with Crippen molar-refractivity contribution in [2.24, 2.45) is 5.73 Å². The Morgan fingerprint density at radius 1 is 1.44 bits per heavy atom. The summed E-state index contributed by atoms with van der Waals surface area (Å²) < 4.78 is 0. The van der Waals surface area contributed by atoms with Crippen molar-refractivity contribution in [3.8, 4) is 0 Å². The van der Waals surface area contributed by atoms with Gasteiger partial charge in [-0.05, 0) is 33.0 Å². The molecule has 54 valence electrons. The van der Waals surface area contributed by atoms with Crippen LogP contribution in [0.25, 0.3) is 0 Å². The van der Waals surface area contributed by atoms with Crippen LogP contribution in [0.15, 0.2) is 0 Å². The molecule has 0 unspecified atom stereocenters. The van der Waals surface area contributed by atoms with Crippen LogP contribution in [0.5, 0.6) is 0 Å². The molecule has 0 atom stereocenters. The molecule has 0 aromatic heterocycles. The largest absolute Gasteiger partial charge is 0.316 e. The topological polar surface area (TPSA) is 50.1 Å². The highest BCUT2D eigenvalue weighted by atomic mass is 15.1. The minimum Gasteiger partial charge on any atom is -0.316 e. The summed E-state index contributed by atoms with van der Waals surface area (Å²) in [6.07, 6.45) is 2.06. The summed E-state index contributed by atoms with van der Waals surface area (Å²) in [5, 5.41) is 6.37. The Bertz CT molecular complexity index is 86.3. The summed E-state index contributed by atoms with van der Waals surface area (Å²) in [7, 11) is 1.92. The van der Waals surface area contributed by atoms with Crippen molar-refractivity contribution in [2.45, 2.75) is 18.5 Å². The van der Waals surface area contributed by atoms with E-state index < -0.39 is 0 Å². The van der Waals surface area contributed by atoms with Crippen molar-refractivity contribution in [3.05, 3.63) is 0 Å². The molecule has 1 rings (SSSR count). The van der Waals surface area contributed by atoms with Crippen molar-refractivity contribution in [1.29, 1.82) is 0 Å². The van der Waals surface area contributed by atoms with Crippen molar-refractivity contribution in [2.75, 3.05) is 20.1 Å². The van der Waals surface area contributed by atoms with Gasteiger partial charge in [0.15, 0.2) is 0 Å². The van der Waals surface area contributed by atoms with Gasteiger partial charge in [0.05, 0.1) is 5.66 Å². The zero-order valence-electron chi connectivity index (χ0n) is 5.91. The maximum atomic E-state index is 5.91. The summed E-state index contributed by atoms with van der Waals surface area (Å²) >= 11 is 0. The normalized spacial score (nSPS) is 26.0. The van der Waals surface area contributed by atoms with Gasteiger partial charge in [0.25, 0.3) is 0 Å². The number of nitrogens with one attached hydrogen (secondary N) is 2. The van der Waals surface area contributed by atoms with Gasteiger partial charge in [-0.25, -0.2) is 0 Å². The fourth-order valence-electron chi connectivity index (χ4n) is 1.12. The fraction of sp³-hybridized carbons (Fsp3) is 1.00. The average molecular weight is 129 g/mol. The highest BCUT2D eigenvalue weighted by molar-refractivity contribution is 4.84. The lowest BCUT2D eigenvalue weighted by molar-refractivity contribution is 0.268. The van der Waals surface area contributed by atoms with Gasteiger partial charge >= 0.3 is 0 Å². The molecule has 0 aromatic carbocycles. The van der Waals surface area contributed by atoms with Crippen LogP contribution in [-0.4, -0.2) is 25.8 Å². The number of rotatable bonds is 1. The van der Waals surface area contributed by atoms with Gasteiger partial charge in [0.1, 0.15) is 0 Å². The van der Waals surface area contributed by atoms with Crippen LogP contribution in [-0.2, 0) is 0 Å². The second kappa shape index (κ2) is 2.64. The first-order chi connectivity index (χ1) is 4.27. The van der Waals surface area contributed by atoms with E-state index in [4.69, 9.17) is 5.73 Å². The molecule has 0 spiro atoms. The molecule has 0 aliphatic carbocycles. The molecule has 0 bridgehead atoms. The number of nitrogens with two attached hydrogens (primary N) is 1. The number of hydrogen-bond acceptors (Lipinski definition) is 3. The van der Waals surface area contributed by atoms with E-state index in [1.165, 1.54) is 0 Å². The third-order valence-corrected chi connectivity index (χ3v) is 1.99. The molecule has 1 saturated heterocycles. The van der Waals surface area contributed by atoms with Crippen molar-refractivity contribution < 1.29 is 0 Å². The van der Waals surface area contributed by atoms with E-state index in [-0.39, 0.29) is 5.66 Å². The molecule has 3 heteroatoms. The van der Waals surface area contributed by atoms with Gasteiger partial charge < -0.3 is 16.4 Å². The lowest BCUT2D eigenvalue weighted by Crippen LogP contribution is -2.57. The molecule has 1 heterocycles. The Kier molecular flexibility index (Phi) is 2.05. The number of hydrogen-bond donors (Lipinski definition) is 3. The molecule has 9 heavy (non-hydrogen) atoms. The maximum absolute atomic E-state index is 5.91. The molecule has 0 amide bonds. The Balaban J connectivity index is 2.37. The quantitative estimate of drug-likeness (QED) is 0.408. The summed E-state index contributed by atoms with van der Waals surface area (Å²) in [6, 6.07) is 0. The van der Waals surface area contributed by atoms with Crippen molar-refractivity contribution in [3.63, 3.8) is 0 Å². The summed E-state index contributed by atoms with van der Waals surface area (Å²) in [5.74, 6) is 0. The number of piperidine rings is 1. The molecule has 0 saturated carbocycles. The zero-order valence-corrected chi connectivity index (χ0v) is 5.91. The monoisotopic (exact) mass is 129 g/mol.